The molecule has 6 aromatic carbocycles. The highest BCUT2D eigenvalue weighted by atomic mass is 15.1. The molecule has 0 saturated carbocycles. The summed E-state index contributed by atoms with van der Waals surface area (Å²) in [6.45, 7) is 25.0. The molecule has 0 aliphatic carbocycles. The first-order valence-electron chi connectivity index (χ1n) is 20.5. The molecule has 0 saturated heterocycles. The molecular formula is C60H52N2. The molecule has 0 unspecified atom stereocenters. The topological polar surface area (TPSA) is 6.48 Å². The summed E-state index contributed by atoms with van der Waals surface area (Å²) in [6.07, 6.45) is 25.3. The zero-order valence-electron chi connectivity index (χ0n) is 35.2. The van der Waals surface area contributed by atoms with E-state index in [2.05, 4.69) is 190 Å². The normalized spacial score (nSPS) is 11.9. The van der Waals surface area contributed by atoms with Crippen molar-refractivity contribution in [3.63, 3.8) is 0 Å². The van der Waals surface area contributed by atoms with Crippen LogP contribution in [0.5, 0.6) is 0 Å². The fourth-order valence-electron chi connectivity index (χ4n) is 6.77. The Morgan fingerprint density at radius 3 is 1.61 bits per heavy atom. The van der Waals surface area contributed by atoms with E-state index in [0.29, 0.717) is 0 Å². The average Bonchev–Trinajstić information content (AvgIpc) is 3.32. The van der Waals surface area contributed by atoms with Gasteiger partial charge in [-0.05, 0) is 117 Å². The Morgan fingerprint density at radius 2 is 1.00 bits per heavy atom. The number of anilines is 4. The molecule has 0 bridgehead atoms. The maximum absolute atomic E-state index is 4.50. The van der Waals surface area contributed by atoms with Crippen LogP contribution in [0.25, 0.3) is 28.3 Å². The van der Waals surface area contributed by atoms with Gasteiger partial charge in [0, 0.05) is 34.6 Å². The van der Waals surface area contributed by atoms with Crippen LogP contribution in [0.2, 0.25) is 0 Å². The number of rotatable bonds is 19. The van der Waals surface area contributed by atoms with E-state index in [-0.39, 0.29) is 0 Å². The molecule has 0 heterocycles. The van der Waals surface area contributed by atoms with Crippen LogP contribution in [0.3, 0.4) is 0 Å². The lowest BCUT2D eigenvalue weighted by Gasteiger charge is -2.26. The third-order valence-corrected chi connectivity index (χ3v) is 10.1. The Balaban J connectivity index is 1.23. The van der Waals surface area contributed by atoms with Crippen LogP contribution in [0.15, 0.2) is 293 Å². The van der Waals surface area contributed by atoms with E-state index in [0.717, 1.165) is 67.4 Å². The van der Waals surface area contributed by atoms with Crippen LogP contribution in [0.4, 0.5) is 22.7 Å². The molecule has 0 N–H and O–H groups in total. The van der Waals surface area contributed by atoms with Gasteiger partial charge < -0.3 is 9.80 Å². The van der Waals surface area contributed by atoms with Crippen molar-refractivity contribution < 1.29 is 0 Å². The number of allylic oxidation sites excluding steroid dienone is 15. The van der Waals surface area contributed by atoms with Crippen molar-refractivity contribution in [2.75, 3.05) is 9.80 Å². The van der Waals surface area contributed by atoms with Gasteiger partial charge in [0.15, 0.2) is 0 Å². The van der Waals surface area contributed by atoms with Gasteiger partial charge in [-0.25, -0.2) is 0 Å². The number of hydrogen-bond donors (Lipinski definition) is 0. The Bertz CT molecular complexity index is 2670. The summed E-state index contributed by atoms with van der Waals surface area (Å²) >= 11 is 0. The van der Waals surface area contributed by atoms with Crippen LogP contribution >= 0.6 is 0 Å². The minimum absolute atomic E-state index is 0.767. The lowest BCUT2D eigenvalue weighted by Crippen LogP contribution is -2.13. The summed E-state index contributed by atoms with van der Waals surface area (Å²) in [5.74, 6) is 0. The number of benzene rings is 6. The van der Waals surface area contributed by atoms with Crippen molar-refractivity contribution in [3.05, 3.63) is 310 Å². The van der Waals surface area contributed by atoms with Crippen LogP contribution in [-0.4, -0.2) is 0 Å². The van der Waals surface area contributed by atoms with E-state index in [1.807, 2.05) is 90.0 Å². The molecule has 0 aromatic heterocycles. The van der Waals surface area contributed by atoms with Gasteiger partial charge in [-0.2, -0.15) is 0 Å². The fourth-order valence-corrected chi connectivity index (χ4v) is 6.77. The molecule has 62 heavy (non-hydrogen) atoms. The molecule has 0 atom stereocenters. The van der Waals surface area contributed by atoms with Gasteiger partial charge in [-0.15, -0.1) is 0 Å². The molecule has 302 valence electrons. The zero-order valence-corrected chi connectivity index (χ0v) is 35.2. The Labute approximate surface area is 369 Å². The second kappa shape index (κ2) is 22.2. The van der Waals surface area contributed by atoms with Gasteiger partial charge >= 0.3 is 0 Å². The van der Waals surface area contributed by atoms with Crippen LogP contribution < -0.4 is 9.80 Å². The van der Waals surface area contributed by atoms with Crippen molar-refractivity contribution in [3.8, 4) is 11.1 Å². The first-order chi connectivity index (χ1) is 30.4. The van der Waals surface area contributed by atoms with Crippen molar-refractivity contribution in [1.82, 2.24) is 0 Å². The summed E-state index contributed by atoms with van der Waals surface area (Å²) in [7, 11) is 0. The first kappa shape index (κ1) is 43.4. The van der Waals surface area contributed by atoms with Gasteiger partial charge in [0.2, 0.25) is 0 Å². The minimum atomic E-state index is 0.767. The monoisotopic (exact) mass is 800 g/mol. The molecule has 0 radical (unpaired) electrons. The van der Waals surface area contributed by atoms with E-state index in [1.54, 1.807) is 12.2 Å². The molecule has 0 aliphatic heterocycles. The van der Waals surface area contributed by atoms with Crippen LogP contribution in [0.1, 0.15) is 16.7 Å². The predicted molar refractivity (Wildman–Crippen MR) is 272 cm³/mol. The largest absolute Gasteiger partial charge is 0.318 e. The van der Waals surface area contributed by atoms with E-state index in [4.69, 9.17) is 0 Å². The maximum atomic E-state index is 4.50. The lowest BCUT2D eigenvalue weighted by atomic mass is 10.00. The first-order valence-corrected chi connectivity index (χ1v) is 20.5. The number of para-hydroxylation sites is 1. The van der Waals surface area contributed by atoms with Gasteiger partial charge in [0.05, 0.1) is 0 Å². The molecule has 6 rings (SSSR count). The molecule has 2 nitrogen and oxygen atoms in total. The average molecular weight is 801 g/mol. The highest BCUT2D eigenvalue weighted by Crippen LogP contribution is 2.36. The smallest absolute Gasteiger partial charge is 0.0462 e. The zero-order chi connectivity index (χ0) is 43.5. The summed E-state index contributed by atoms with van der Waals surface area (Å²) in [5, 5.41) is 0. The van der Waals surface area contributed by atoms with E-state index < -0.39 is 0 Å². The molecule has 0 aliphatic rings. The molecule has 2 heteroatoms. The van der Waals surface area contributed by atoms with E-state index in [1.165, 1.54) is 11.1 Å². The third kappa shape index (κ3) is 11.7. The molecule has 0 amide bonds. The second-order valence-electron chi connectivity index (χ2n) is 14.3. The standard InChI is InChI=1S/C60H52N2/c1-7-10-11-21-45-61(57-39-35-54(36-40-57)51(9-3)22-8-2)49(6)31-32-56(46-50-23-15-12-16-24-50)48(5)30-29-47(4)52-33-41-59(42-34-52)62(58-27-19-14-20-28-58)60-43-37-55(38-44-60)53-25-17-13-18-26-53/h7-46H,1-6H2/b11-10-,30-29-,32-31-,45-21+,51-22+,56-46-. The third-order valence-electron chi connectivity index (χ3n) is 10.1. The summed E-state index contributed by atoms with van der Waals surface area (Å²) in [5.41, 5.74) is 14.1. The minimum Gasteiger partial charge on any atom is -0.318 e. The highest BCUT2D eigenvalue weighted by molar-refractivity contribution is 5.81. The SMILES string of the molecule is C=C/C=C\C=C\N(C(=C)/C=C\C(=C\c1ccccc1)C(=C)/C=C\C(=C)c1ccc(N(c2ccccc2)c2ccc(-c3ccccc3)cc2)cc1)c1ccc(/C(C=C)=C/C=C)cc1. The van der Waals surface area contributed by atoms with E-state index in [9.17, 15) is 0 Å². The Hall–Kier alpha value is -8.20. The Kier molecular flexibility index (Phi) is 15.6. The van der Waals surface area contributed by atoms with Gasteiger partial charge in [0.1, 0.15) is 0 Å². The van der Waals surface area contributed by atoms with Crippen molar-refractivity contribution >= 4 is 40.0 Å². The highest BCUT2D eigenvalue weighted by Gasteiger charge is 2.13. The van der Waals surface area contributed by atoms with Crippen molar-refractivity contribution in [1.29, 1.82) is 0 Å². The quantitative estimate of drug-likeness (QED) is 0.0753. The lowest BCUT2D eigenvalue weighted by molar-refractivity contribution is 1.21. The molecule has 0 fully saturated rings. The molecular weight excluding hydrogens is 749 g/mol. The van der Waals surface area contributed by atoms with Crippen molar-refractivity contribution in [2.24, 2.45) is 0 Å². The Morgan fingerprint density at radius 1 is 0.452 bits per heavy atom. The summed E-state index contributed by atoms with van der Waals surface area (Å²) < 4.78 is 0. The van der Waals surface area contributed by atoms with Crippen molar-refractivity contribution in [2.45, 2.75) is 0 Å². The second-order valence-corrected chi connectivity index (χ2v) is 14.3. The van der Waals surface area contributed by atoms with Gasteiger partial charge in [0.25, 0.3) is 0 Å². The van der Waals surface area contributed by atoms with Gasteiger partial charge in [-0.1, -0.05) is 209 Å². The van der Waals surface area contributed by atoms with Crippen LogP contribution in [0, 0.1) is 0 Å². The number of nitrogens with zero attached hydrogens (tertiary/aromatic N) is 2. The predicted octanol–water partition coefficient (Wildman–Crippen LogP) is 16.6. The van der Waals surface area contributed by atoms with Crippen LogP contribution in [-0.2, 0) is 0 Å². The number of hydrogen-bond acceptors (Lipinski definition) is 2. The van der Waals surface area contributed by atoms with Gasteiger partial charge in [-0.3, -0.25) is 0 Å². The summed E-state index contributed by atoms with van der Waals surface area (Å²) in [4.78, 5) is 4.31. The molecule has 0 spiro atoms. The van der Waals surface area contributed by atoms with E-state index >= 15 is 0 Å². The maximum Gasteiger partial charge on any atom is 0.0462 e. The fraction of sp³-hybridized carbons (Fsp3) is 0. The molecule has 6 aromatic rings. The summed E-state index contributed by atoms with van der Waals surface area (Å²) in [6, 6.07) is 56.7.